The van der Waals surface area contributed by atoms with Crippen molar-refractivity contribution in [2.24, 2.45) is 0 Å². The van der Waals surface area contributed by atoms with Gasteiger partial charge in [-0.05, 0) is 36.8 Å². The van der Waals surface area contributed by atoms with Gasteiger partial charge in [0.2, 0.25) is 0 Å². The highest BCUT2D eigenvalue weighted by atomic mass is 35.5. The molecule has 0 aliphatic rings. The first-order valence-electron chi connectivity index (χ1n) is 6.49. The summed E-state index contributed by atoms with van der Waals surface area (Å²) in [6.45, 7) is 2.43. The lowest BCUT2D eigenvalue weighted by Crippen LogP contribution is -2.02. The molecule has 2 aromatic carbocycles. The van der Waals surface area contributed by atoms with Crippen LogP contribution in [0.4, 0.5) is 5.69 Å². The molecule has 2 rings (SSSR count). The van der Waals surface area contributed by atoms with Gasteiger partial charge in [-0.3, -0.25) is 0 Å². The van der Waals surface area contributed by atoms with E-state index in [-0.39, 0.29) is 5.75 Å². The maximum absolute atomic E-state index is 10.1. The molecule has 0 aliphatic heterocycles. The molecular weight excluding hydrogens is 290 g/mol. The summed E-state index contributed by atoms with van der Waals surface area (Å²) in [4.78, 5) is 0. The number of rotatable bonds is 5. The van der Waals surface area contributed by atoms with Crippen LogP contribution in [0.2, 0.25) is 5.02 Å². The van der Waals surface area contributed by atoms with Crippen molar-refractivity contribution in [3.63, 3.8) is 0 Å². The third kappa shape index (κ3) is 3.52. The Morgan fingerprint density at radius 3 is 2.52 bits per heavy atom. The first-order valence-corrected chi connectivity index (χ1v) is 6.87. The van der Waals surface area contributed by atoms with E-state index in [9.17, 15) is 5.11 Å². The normalized spacial score (nSPS) is 10.3. The molecule has 0 bridgehead atoms. The zero-order valence-electron chi connectivity index (χ0n) is 12.2. The first-order chi connectivity index (χ1) is 10.0. The molecule has 4 nitrogen and oxygen atoms in total. The quantitative estimate of drug-likeness (QED) is 0.877. The summed E-state index contributed by atoms with van der Waals surface area (Å²) < 4.78 is 10.3. The van der Waals surface area contributed by atoms with Gasteiger partial charge in [0.1, 0.15) is 5.75 Å². The van der Waals surface area contributed by atoms with E-state index in [1.807, 2.05) is 25.1 Å². The maximum Gasteiger partial charge on any atom is 0.162 e. The van der Waals surface area contributed by atoms with E-state index in [0.29, 0.717) is 22.9 Å². The molecule has 2 N–H and O–H groups in total. The Balaban J connectivity index is 2.18. The number of ether oxygens (including phenoxy) is 2. The minimum Gasteiger partial charge on any atom is -0.504 e. The molecule has 0 unspecified atom stereocenters. The molecule has 112 valence electrons. The van der Waals surface area contributed by atoms with Gasteiger partial charge in [0.05, 0.1) is 14.2 Å². The van der Waals surface area contributed by atoms with Crippen molar-refractivity contribution < 1.29 is 14.6 Å². The number of phenols is 1. The molecule has 0 aliphatic carbocycles. The molecule has 0 fully saturated rings. The van der Waals surface area contributed by atoms with E-state index in [1.54, 1.807) is 19.2 Å². The smallest absolute Gasteiger partial charge is 0.162 e. The number of nitrogens with one attached hydrogen (secondary N) is 1. The molecule has 21 heavy (non-hydrogen) atoms. The van der Waals surface area contributed by atoms with E-state index in [4.69, 9.17) is 21.1 Å². The van der Waals surface area contributed by atoms with Crippen molar-refractivity contribution >= 4 is 17.3 Å². The van der Waals surface area contributed by atoms with Gasteiger partial charge < -0.3 is 19.9 Å². The van der Waals surface area contributed by atoms with Crippen molar-refractivity contribution in [1.29, 1.82) is 0 Å². The number of benzene rings is 2. The number of hydrogen-bond donors (Lipinski definition) is 2. The number of aromatic hydroxyl groups is 1. The minimum absolute atomic E-state index is 0.0977. The van der Waals surface area contributed by atoms with Crippen molar-refractivity contribution in [2.45, 2.75) is 13.5 Å². The topological polar surface area (TPSA) is 50.7 Å². The Bertz CT molecular complexity index is 644. The van der Waals surface area contributed by atoms with Gasteiger partial charge in [0.15, 0.2) is 11.5 Å². The molecule has 2 aromatic rings. The summed E-state index contributed by atoms with van der Waals surface area (Å²) in [5, 5.41) is 13.9. The molecule has 0 radical (unpaired) electrons. The summed E-state index contributed by atoms with van der Waals surface area (Å²) in [5.41, 5.74) is 2.70. The van der Waals surface area contributed by atoms with Gasteiger partial charge in [-0.15, -0.1) is 0 Å². The number of methoxy groups -OCH3 is 2. The maximum atomic E-state index is 10.1. The van der Waals surface area contributed by atoms with Crippen LogP contribution in [0, 0.1) is 6.92 Å². The second-order valence-corrected chi connectivity index (χ2v) is 5.09. The number of phenolic OH excluding ortho intramolecular Hbond substituents is 1. The highest BCUT2D eigenvalue weighted by Gasteiger charge is 2.10. The van der Waals surface area contributed by atoms with Crippen LogP contribution in [0.15, 0.2) is 30.3 Å². The average Bonchev–Trinajstić information content (AvgIpc) is 2.48. The summed E-state index contributed by atoms with van der Waals surface area (Å²) >= 11 is 6.02. The number of anilines is 1. The lowest BCUT2D eigenvalue weighted by Gasteiger charge is -2.13. The zero-order chi connectivity index (χ0) is 15.4. The summed E-state index contributed by atoms with van der Waals surface area (Å²) in [5.74, 6) is 1.27. The van der Waals surface area contributed by atoms with Crippen LogP contribution in [-0.2, 0) is 6.54 Å². The average molecular weight is 308 g/mol. The molecule has 0 amide bonds. The number of halogens is 1. The molecule has 0 saturated heterocycles. The SMILES string of the molecule is COc1ccc(NCc2cc(Cl)cc(OC)c2O)c(C)c1. The lowest BCUT2D eigenvalue weighted by atomic mass is 10.1. The molecule has 0 heterocycles. The molecule has 0 saturated carbocycles. The molecule has 0 atom stereocenters. The van der Waals surface area contributed by atoms with Crippen molar-refractivity contribution in [3.05, 3.63) is 46.5 Å². The first kappa shape index (κ1) is 15.3. The van der Waals surface area contributed by atoms with E-state index in [0.717, 1.165) is 17.0 Å². The van der Waals surface area contributed by atoms with Gasteiger partial charge >= 0.3 is 0 Å². The largest absolute Gasteiger partial charge is 0.504 e. The van der Waals surface area contributed by atoms with Gasteiger partial charge in [-0.1, -0.05) is 11.6 Å². The van der Waals surface area contributed by atoms with Crippen molar-refractivity contribution in [2.75, 3.05) is 19.5 Å². The molecule has 5 heteroatoms. The van der Waals surface area contributed by atoms with Gasteiger partial charge in [-0.25, -0.2) is 0 Å². The summed E-state index contributed by atoms with van der Waals surface area (Å²) in [6, 6.07) is 9.06. The van der Waals surface area contributed by atoms with E-state index >= 15 is 0 Å². The van der Waals surface area contributed by atoms with Crippen LogP contribution >= 0.6 is 11.6 Å². The zero-order valence-corrected chi connectivity index (χ0v) is 13.0. The molecular formula is C16H18ClNO3. The Morgan fingerprint density at radius 2 is 1.90 bits per heavy atom. The number of hydrogen-bond acceptors (Lipinski definition) is 4. The van der Waals surface area contributed by atoms with Crippen molar-refractivity contribution in [3.8, 4) is 17.2 Å². The Morgan fingerprint density at radius 1 is 1.14 bits per heavy atom. The predicted octanol–water partition coefficient (Wildman–Crippen LogP) is 3.98. The van der Waals surface area contributed by atoms with Crippen LogP contribution in [0.1, 0.15) is 11.1 Å². The van der Waals surface area contributed by atoms with E-state index in [1.165, 1.54) is 7.11 Å². The van der Waals surface area contributed by atoms with E-state index < -0.39 is 0 Å². The van der Waals surface area contributed by atoms with Gasteiger partial charge in [0, 0.05) is 28.9 Å². The highest BCUT2D eigenvalue weighted by Crippen LogP contribution is 2.34. The Kier molecular flexibility index (Phi) is 4.81. The third-order valence-corrected chi connectivity index (χ3v) is 3.46. The minimum atomic E-state index is 0.0977. The van der Waals surface area contributed by atoms with Gasteiger partial charge in [-0.2, -0.15) is 0 Å². The second kappa shape index (κ2) is 6.59. The fraction of sp³-hybridized carbons (Fsp3) is 0.250. The van der Waals surface area contributed by atoms with E-state index in [2.05, 4.69) is 5.32 Å². The highest BCUT2D eigenvalue weighted by molar-refractivity contribution is 6.30. The third-order valence-electron chi connectivity index (χ3n) is 3.24. The van der Waals surface area contributed by atoms with Crippen LogP contribution in [0.25, 0.3) is 0 Å². The lowest BCUT2D eigenvalue weighted by molar-refractivity contribution is 0.371. The Labute approximate surface area is 129 Å². The molecule has 0 spiro atoms. The summed E-state index contributed by atoms with van der Waals surface area (Å²) in [6.07, 6.45) is 0. The number of aryl methyl sites for hydroxylation is 1. The monoisotopic (exact) mass is 307 g/mol. The fourth-order valence-electron chi connectivity index (χ4n) is 2.07. The van der Waals surface area contributed by atoms with Crippen LogP contribution in [0.3, 0.4) is 0 Å². The second-order valence-electron chi connectivity index (χ2n) is 4.65. The van der Waals surface area contributed by atoms with Gasteiger partial charge in [0.25, 0.3) is 0 Å². The predicted molar refractivity (Wildman–Crippen MR) is 84.7 cm³/mol. The van der Waals surface area contributed by atoms with Crippen molar-refractivity contribution in [1.82, 2.24) is 0 Å². The van der Waals surface area contributed by atoms with Crippen LogP contribution in [0.5, 0.6) is 17.2 Å². The fourth-order valence-corrected chi connectivity index (χ4v) is 2.30. The van der Waals surface area contributed by atoms with Crippen LogP contribution in [-0.4, -0.2) is 19.3 Å². The molecule has 0 aromatic heterocycles. The van der Waals surface area contributed by atoms with Crippen LogP contribution < -0.4 is 14.8 Å². The Hall–Kier alpha value is -2.07. The standard InChI is InChI=1S/C16H18ClNO3/c1-10-6-13(20-2)4-5-14(10)18-9-11-7-12(17)8-15(21-3)16(11)19/h4-8,18-19H,9H2,1-3H3. The summed E-state index contributed by atoms with van der Waals surface area (Å²) in [7, 11) is 3.13.